The van der Waals surface area contributed by atoms with Crippen molar-refractivity contribution in [1.82, 2.24) is 10.6 Å². The molecule has 0 aliphatic carbocycles. The molecule has 0 aliphatic heterocycles. The van der Waals surface area contributed by atoms with Crippen LogP contribution < -0.4 is 15.4 Å². The van der Waals surface area contributed by atoms with Crippen LogP contribution in [0, 0.1) is 5.82 Å². The summed E-state index contributed by atoms with van der Waals surface area (Å²) in [5.41, 5.74) is 0. The van der Waals surface area contributed by atoms with Gasteiger partial charge in [0.15, 0.2) is 5.96 Å². The van der Waals surface area contributed by atoms with Crippen LogP contribution >= 0.6 is 0 Å². The summed E-state index contributed by atoms with van der Waals surface area (Å²) < 4.78 is 18.9. The first-order valence-electron chi connectivity index (χ1n) is 7.24. The lowest BCUT2D eigenvalue weighted by molar-refractivity contribution is 0.205. The van der Waals surface area contributed by atoms with E-state index >= 15 is 0 Å². The first-order chi connectivity index (χ1) is 10.2. The Labute approximate surface area is 126 Å². The van der Waals surface area contributed by atoms with E-state index in [0.717, 1.165) is 18.9 Å². The lowest BCUT2D eigenvalue weighted by atomic mass is 10.2. The van der Waals surface area contributed by atoms with E-state index in [2.05, 4.69) is 22.2 Å². The molecule has 0 amide bonds. The summed E-state index contributed by atoms with van der Waals surface area (Å²) in [6, 6.07) is 6.16. The minimum atomic E-state index is -0.299. The Morgan fingerprint density at radius 3 is 2.86 bits per heavy atom. The number of halogens is 1. The van der Waals surface area contributed by atoms with Crippen molar-refractivity contribution in [2.24, 2.45) is 4.99 Å². The molecular formula is C16H24FN3O. The molecule has 1 rings (SSSR count). The fourth-order valence-corrected chi connectivity index (χ4v) is 1.69. The molecule has 0 radical (unpaired) electrons. The van der Waals surface area contributed by atoms with Gasteiger partial charge in [-0.3, -0.25) is 0 Å². The van der Waals surface area contributed by atoms with Crippen LogP contribution in [-0.4, -0.2) is 31.7 Å². The highest BCUT2D eigenvalue weighted by Gasteiger charge is 2.08. The second-order valence-electron chi connectivity index (χ2n) is 4.49. The van der Waals surface area contributed by atoms with Gasteiger partial charge in [-0.15, -0.1) is 6.58 Å². The van der Waals surface area contributed by atoms with Gasteiger partial charge in [0.05, 0.1) is 6.54 Å². The topological polar surface area (TPSA) is 45.7 Å². The normalized spacial score (nSPS) is 12.6. The minimum Gasteiger partial charge on any atom is -0.488 e. The average molecular weight is 293 g/mol. The van der Waals surface area contributed by atoms with Crippen molar-refractivity contribution in [3.05, 3.63) is 42.7 Å². The number of ether oxygens (including phenoxy) is 1. The van der Waals surface area contributed by atoms with E-state index in [0.29, 0.717) is 18.8 Å². The van der Waals surface area contributed by atoms with E-state index in [4.69, 9.17) is 4.74 Å². The van der Waals surface area contributed by atoms with Crippen molar-refractivity contribution >= 4 is 5.96 Å². The molecule has 0 spiro atoms. The largest absolute Gasteiger partial charge is 0.488 e. The molecule has 0 saturated carbocycles. The highest BCUT2D eigenvalue weighted by molar-refractivity contribution is 5.79. The molecule has 0 saturated heterocycles. The van der Waals surface area contributed by atoms with Crippen LogP contribution in [0.25, 0.3) is 0 Å². The van der Waals surface area contributed by atoms with Crippen LogP contribution in [-0.2, 0) is 0 Å². The maximum atomic E-state index is 13.1. The van der Waals surface area contributed by atoms with Crippen LogP contribution in [0.4, 0.5) is 4.39 Å². The van der Waals surface area contributed by atoms with E-state index in [-0.39, 0.29) is 11.9 Å². The number of benzene rings is 1. The molecule has 1 unspecified atom stereocenters. The number of hydrogen-bond acceptors (Lipinski definition) is 2. The smallest absolute Gasteiger partial charge is 0.191 e. The molecule has 2 N–H and O–H groups in total. The van der Waals surface area contributed by atoms with Crippen LogP contribution in [0.1, 0.15) is 20.3 Å². The van der Waals surface area contributed by atoms with Gasteiger partial charge >= 0.3 is 0 Å². The standard InChI is InChI=1S/C16H24FN3O/c1-4-10-19-16(18-6-3)20-12-14(5-2)21-15-9-7-8-13(17)11-15/h4,7-9,11,14H,1,5-6,10,12H2,2-3H3,(H2,18,19,20). The SMILES string of the molecule is C=CCNC(=NCC(CC)Oc1cccc(F)c1)NCC. The summed E-state index contributed by atoms with van der Waals surface area (Å²) in [5.74, 6) is 0.951. The molecular weight excluding hydrogens is 269 g/mol. The molecule has 21 heavy (non-hydrogen) atoms. The zero-order valence-electron chi connectivity index (χ0n) is 12.7. The maximum absolute atomic E-state index is 13.1. The monoisotopic (exact) mass is 293 g/mol. The van der Waals surface area contributed by atoms with Gasteiger partial charge in [0, 0.05) is 19.2 Å². The van der Waals surface area contributed by atoms with E-state index in [9.17, 15) is 4.39 Å². The molecule has 0 bridgehead atoms. The minimum absolute atomic E-state index is 0.0917. The van der Waals surface area contributed by atoms with Gasteiger partial charge in [-0.2, -0.15) is 0 Å². The Morgan fingerprint density at radius 1 is 1.43 bits per heavy atom. The summed E-state index contributed by atoms with van der Waals surface area (Å²) in [5, 5.41) is 6.27. The van der Waals surface area contributed by atoms with Crippen molar-refractivity contribution in [2.75, 3.05) is 19.6 Å². The van der Waals surface area contributed by atoms with Crippen LogP contribution in [0.5, 0.6) is 5.75 Å². The number of aliphatic imine (C=N–C) groups is 1. The van der Waals surface area contributed by atoms with E-state index in [1.807, 2.05) is 13.8 Å². The van der Waals surface area contributed by atoms with E-state index in [1.54, 1.807) is 18.2 Å². The molecule has 1 aromatic carbocycles. The number of nitrogens with zero attached hydrogens (tertiary/aromatic N) is 1. The van der Waals surface area contributed by atoms with Crippen LogP contribution in [0.15, 0.2) is 41.9 Å². The molecule has 0 fully saturated rings. The average Bonchev–Trinajstić information content (AvgIpc) is 2.48. The summed E-state index contributed by atoms with van der Waals surface area (Å²) in [7, 11) is 0. The Hall–Kier alpha value is -2.04. The van der Waals surface area contributed by atoms with Crippen molar-refractivity contribution in [1.29, 1.82) is 0 Å². The molecule has 5 heteroatoms. The fourth-order valence-electron chi connectivity index (χ4n) is 1.69. The second kappa shape index (κ2) is 9.80. The molecule has 0 aliphatic rings. The Kier molecular flexibility index (Phi) is 7.94. The summed E-state index contributed by atoms with van der Waals surface area (Å²) in [4.78, 5) is 4.47. The van der Waals surface area contributed by atoms with Crippen molar-refractivity contribution in [2.45, 2.75) is 26.4 Å². The molecule has 1 atom stereocenters. The van der Waals surface area contributed by atoms with Gasteiger partial charge in [-0.25, -0.2) is 9.38 Å². The van der Waals surface area contributed by atoms with E-state index < -0.39 is 0 Å². The predicted octanol–water partition coefficient (Wildman–Crippen LogP) is 2.72. The highest BCUT2D eigenvalue weighted by atomic mass is 19.1. The first kappa shape index (κ1) is 17.0. The van der Waals surface area contributed by atoms with Crippen molar-refractivity contribution in [3.8, 4) is 5.75 Å². The van der Waals surface area contributed by atoms with E-state index in [1.165, 1.54) is 12.1 Å². The number of nitrogens with one attached hydrogen (secondary N) is 2. The third-order valence-electron chi connectivity index (χ3n) is 2.77. The zero-order valence-corrected chi connectivity index (χ0v) is 12.7. The molecule has 4 nitrogen and oxygen atoms in total. The Morgan fingerprint density at radius 2 is 2.24 bits per heavy atom. The second-order valence-corrected chi connectivity index (χ2v) is 4.49. The number of guanidine groups is 1. The molecule has 1 aromatic rings. The molecule has 0 heterocycles. The maximum Gasteiger partial charge on any atom is 0.191 e. The van der Waals surface area contributed by atoms with Gasteiger partial charge in [-0.1, -0.05) is 19.1 Å². The summed E-state index contributed by atoms with van der Waals surface area (Å²) in [6.45, 7) is 9.61. The first-order valence-corrected chi connectivity index (χ1v) is 7.24. The third-order valence-corrected chi connectivity index (χ3v) is 2.77. The Bertz CT molecular complexity index is 463. The van der Waals surface area contributed by atoms with Gasteiger partial charge in [0.1, 0.15) is 17.7 Å². The molecule has 0 aromatic heterocycles. The third kappa shape index (κ3) is 6.79. The van der Waals surface area contributed by atoms with Crippen LogP contribution in [0.3, 0.4) is 0 Å². The van der Waals surface area contributed by atoms with Crippen molar-refractivity contribution in [3.63, 3.8) is 0 Å². The van der Waals surface area contributed by atoms with Gasteiger partial charge < -0.3 is 15.4 Å². The quantitative estimate of drug-likeness (QED) is 0.440. The fraction of sp³-hybridized carbons (Fsp3) is 0.438. The summed E-state index contributed by atoms with van der Waals surface area (Å²) >= 11 is 0. The van der Waals surface area contributed by atoms with Crippen molar-refractivity contribution < 1.29 is 9.13 Å². The molecule has 116 valence electrons. The lowest BCUT2D eigenvalue weighted by Gasteiger charge is -2.17. The Balaban J connectivity index is 2.60. The van der Waals surface area contributed by atoms with Gasteiger partial charge in [0.25, 0.3) is 0 Å². The van der Waals surface area contributed by atoms with Crippen LogP contribution in [0.2, 0.25) is 0 Å². The lowest BCUT2D eigenvalue weighted by Crippen LogP contribution is -2.38. The summed E-state index contributed by atoms with van der Waals surface area (Å²) in [6.07, 6.45) is 2.47. The number of rotatable bonds is 8. The predicted molar refractivity (Wildman–Crippen MR) is 85.3 cm³/mol. The van der Waals surface area contributed by atoms with Gasteiger partial charge in [-0.05, 0) is 25.5 Å². The number of hydrogen-bond donors (Lipinski definition) is 2. The van der Waals surface area contributed by atoms with Gasteiger partial charge in [0.2, 0.25) is 0 Å². The zero-order chi connectivity index (χ0) is 15.5. The highest BCUT2D eigenvalue weighted by Crippen LogP contribution is 2.15.